The summed E-state index contributed by atoms with van der Waals surface area (Å²) < 4.78 is 0. The van der Waals surface area contributed by atoms with Crippen molar-refractivity contribution in [1.82, 2.24) is 4.90 Å². The first-order valence-corrected chi connectivity index (χ1v) is 5.92. The van der Waals surface area contributed by atoms with Gasteiger partial charge in [-0.3, -0.25) is 4.79 Å². The topological polar surface area (TPSA) is 20.3 Å². The van der Waals surface area contributed by atoms with Crippen LogP contribution in [-0.2, 0) is 4.79 Å². The number of hydrogen-bond donors (Lipinski definition) is 0. The Morgan fingerprint density at radius 2 is 2.21 bits per heavy atom. The average molecular weight is 195 g/mol. The Bertz CT molecular complexity index is 222. The van der Waals surface area contributed by atoms with E-state index in [0.717, 1.165) is 31.3 Å². The molecule has 2 fully saturated rings. The van der Waals surface area contributed by atoms with Gasteiger partial charge in [0.1, 0.15) is 5.78 Å². The maximum absolute atomic E-state index is 11.3. The summed E-state index contributed by atoms with van der Waals surface area (Å²) in [6.45, 7) is 7.63. The smallest absolute Gasteiger partial charge is 0.138 e. The van der Waals surface area contributed by atoms with Gasteiger partial charge in [0.15, 0.2) is 0 Å². The van der Waals surface area contributed by atoms with E-state index >= 15 is 0 Å². The van der Waals surface area contributed by atoms with E-state index < -0.39 is 0 Å². The third kappa shape index (κ3) is 2.35. The Hall–Kier alpha value is -0.370. The summed E-state index contributed by atoms with van der Waals surface area (Å²) in [5.74, 6) is 2.56. The number of hydrogen-bond acceptors (Lipinski definition) is 2. The molecule has 0 N–H and O–H groups in total. The highest BCUT2D eigenvalue weighted by atomic mass is 16.1. The summed E-state index contributed by atoms with van der Waals surface area (Å²) in [7, 11) is 0. The lowest BCUT2D eigenvalue weighted by atomic mass is 9.96. The fourth-order valence-electron chi connectivity index (χ4n) is 2.48. The van der Waals surface area contributed by atoms with Crippen LogP contribution >= 0.6 is 0 Å². The molecule has 1 heterocycles. The Balaban J connectivity index is 1.78. The van der Waals surface area contributed by atoms with E-state index in [2.05, 4.69) is 18.7 Å². The summed E-state index contributed by atoms with van der Waals surface area (Å²) in [6, 6.07) is 0. The molecule has 2 aliphatic rings. The monoisotopic (exact) mass is 195 g/mol. The number of piperidine rings is 1. The largest absolute Gasteiger partial charge is 0.302 e. The number of carbonyl (C=O) groups is 1. The molecule has 80 valence electrons. The molecule has 1 saturated heterocycles. The van der Waals surface area contributed by atoms with Crippen LogP contribution in [0.2, 0.25) is 0 Å². The lowest BCUT2D eigenvalue weighted by Crippen LogP contribution is -2.41. The van der Waals surface area contributed by atoms with Crippen molar-refractivity contribution in [3.63, 3.8) is 0 Å². The van der Waals surface area contributed by atoms with Gasteiger partial charge in [-0.2, -0.15) is 0 Å². The molecule has 2 rings (SSSR count). The lowest BCUT2D eigenvalue weighted by molar-refractivity contribution is -0.125. The van der Waals surface area contributed by atoms with Crippen molar-refractivity contribution in [2.45, 2.75) is 33.1 Å². The van der Waals surface area contributed by atoms with Crippen molar-refractivity contribution in [2.24, 2.45) is 17.8 Å². The normalized spacial score (nSPS) is 31.9. The van der Waals surface area contributed by atoms with Crippen molar-refractivity contribution in [3.8, 4) is 0 Å². The standard InChI is InChI=1S/C12H21NO/c1-9(11-3-4-11)7-13-6-5-12(14)10(2)8-13/h9-11H,3-8H2,1-2H3. The zero-order valence-electron chi connectivity index (χ0n) is 9.33. The van der Waals surface area contributed by atoms with Gasteiger partial charge in [0.2, 0.25) is 0 Å². The fourth-order valence-corrected chi connectivity index (χ4v) is 2.48. The molecular weight excluding hydrogens is 174 g/mol. The lowest BCUT2D eigenvalue weighted by Gasteiger charge is -2.31. The summed E-state index contributed by atoms with van der Waals surface area (Å²) >= 11 is 0. The second-order valence-corrected chi connectivity index (χ2v) is 5.19. The molecule has 2 atom stereocenters. The summed E-state index contributed by atoms with van der Waals surface area (Å²) in [5, 5.41) is 0. The molecule has 0 aromatic rings. The van der Waals surface area contributed by atoms with E-state index in [1.54, 1.807) is 0 Å². The average Bonchev–Trinajstić information content (AvgIpc) is 2.94. The van der Waals surface area contributed by atoms with Crippen molar-refractivity contribution in [1.29, 1.82) is 0 Å². The highest BCUT2D eigenvalue weighted by Gasteiger charge is 2.31. The zero-order chi connectivity index (χ0) is 10.1. The molecule has 1 aliphatic heterocycles. The van der Waals surface area contributed by atoms with Crippen molar-refractivity contribution < 1.29 is 4.79 Å². The SMILES string of the molecule is CC1CN(CC(C)C2CC2)CCC1=O. The Kier molecular flexibility index (Phi) is 2.91. The van der Waals surface area contributed by atoms with Crippen LogP contribution in [0, 0.1) is 17.8 Å². The molecule has 2 nitrogen and oxygen atoms in total. The first kappa shape index (κ1) is 10.2. The minimum Gasteiger partial charge on any atom is -0.302 e. The van der Waals surface area contributed by atoms with Gasteiger partial charge in [0.25, 0.3) is 0 Å². The number of ketones is 1. The summed E-state index contributed by atoms with van der Waals surface area (Å²) in [4.78, 5) is 13.8. The maximum atomic E-state index is 11.3. The number of rotatable bonds is 3. The van der Waals surface area contributed by atoms with E-state index in [0.29, 0.717) is 5.78 Å². The Morgan fingerprint density at radius 1 is 1.50 bits per heavy atom. The fraction of sp³-hybridized carbons (Fsp3) is 0.917. The van der Waals surface area contributed by atoms with Gasteiger partial charge in [-0.15, -0.1) is 0 Å². The highest BCUT2D eigenvalue weighted by Crippen LogP contribution is 2.37. The summed E-state index contributed by atoms with van der Waals surface area (Å²) in [5.41, 5.74) is 0. The molecule has 14 heavy (non-hydrogen) atoms. The van der Waals surface area contributed by atoms with Crippen LogP contribution in [0.4, 0.5) is 0 Å². The Labute approximate surface area is 86.7 Å². The third-order valence-electron chi connectivity index (χ3n) is 3.73. The van der Waals surface area contributed by atoms with Crippen LogP contribution in [0.25, 0.3) is 0 Å². The van der Waals surface area contributed by atoms with E-state index in [1.165, 1.54) is 19.4 Å². The second-order valence-electron chi connectivity index (χ2n) is 5.19. The number of carbonyl (C=O) groups excluding carboxylic acids is 1. The van der Waals surface area contributed by atoms with Crippen molar-refractivity contribution in [3.05, 3.63) is 0 Å². The molecule has 0 amide bonds. The summed E-state index contributed by atoms with van der Waals surface area (Å²) in [6.07, 6.45) is 3.64. The van der Waals surface area contributed by atoms with Gasteiger partial charge in [-0.25, -0.2) is 0 Å². The molecule has 0 radical (unpaired) electrons. The van der Waals surface area contributed by atoms with Gasteiger partial charge in [-0.1, -0.05) is 13.8 Å². The van der Waals surface area contributed by atoms with Crippen LogP contribution in [0.3, 0.4) is 0 Å². The zero-order valence-corrected chi connectivity index (χ0v) is 9.33. The molecule has 0 aromatic carbocycles. The quantitative estimate of drug-likeness (QED) is 0.686. The van der Waals surface area contributed by atoms with Crippen LogP contribution < -0.4 is 0 Å². The van der Waals surface area contributed by atoms with E-state index in [9.17, 15) is 4.79 Å². The number of nitrogens with zero attached hydrogens (tertiary/aromatic N) is 1. The van der Waals surface area contributed by atoms with E-state index in [-0.39, 0.29) is 5.92 Å². The predicted octanol–water partition coefficient (Wildman–Crippen LogP) is 1.94. The van der Waals surface area contributed by atoms with Gasteiger partial charge in [0.05, 0.1) is 0 Å². The highest BCUT2D eigenvalue weighted by molar-refractivity contribution is 5.81. The third-order valence-corrected chi connectivity index (χ3v) is 3.73. The van der Waals surface area contributed by atoms with Crippen molar-refractivity contribution >= 4 is 5.78 Å². The van der Waals surface area contributed by atoms with Crippen LogP contribution in [0.1, 0.15) is 33.1 Å². The van der Waals surface area contributed by atoms with Gasteiger partial charge < -0.3 is 4.90 Å². The molecule has 2 unspecified atom stereocenters. The molecule has 2 heteroatoms. The molecule has 1 saturated carbocycles. The van der Waals surface area contributed by atoms with E-state index in [1.807, 2.05) is 0 Å². The Morgan fingerprint density at radius 3 is 2.79 bits per heavy atom. The molecule has 0 bridgehead atoms. The predicted molar refractivity (Wildman–Crippen MR) is 57.1 cm³/mol. The van der Waals surface area contributed by atoms with Crippen LogP contribution in [0.5, 0.6) is 0 Å². The van der Waals surface area contributed by atoms with Gasteiger partial charge in [-0.05, 0) is 24.7 Å². The second kappa shape index (κ2) is 4.01. The van der Waals surface area contributed by atoms with Gasteiger partial charge >= 0.3 is 0 Å². The van der Waals surface area contributed by atoms with Crippen LogP contribution in [-0.4, -0.2) is 30.3 Å². The molecule has 0 spiro atoms. The molecule has 1 aliphatic carbocycles. The maximum Gasteiger partial charge on any atom is 0.138 e. The van der Waals surface area contributed by atoms with Crippen LogP contribution in [0.15, 0.2) is 0 Å². The number of likely N-dealkylation sites (tertiary alicyclic amines) is 1. The van der Waals surface area contributed by atoms with Crippen molar-refractivity contribution in [2.75, 3.05) is 19.6 Å². The first-order chi connectivity index (χ1) is 6.66. The van der Waals surface area contributed by atoms with Gasteiger partial charge in [0, 0.05) is 32.0 Å². The minimum atomic E-state index is 0.273. The molecular formula is C12H21NO. The minimum absolute atomic E-state index is 0.273. The van der Waals surface area contributed by atoms with E-state index in [4.69, 9.17) is 0 Å². The first-order valence-electron chi connectivity index (χ1n) is 5.92. The molecule has 0 aromatic heterocycles. The number of Topliss-reactive ketones (excluding diaryl/α,β-unsaturated/α-hetero) is 1.